The van der Waals surface area contributed by atoms with E-state index in [9.17, 15) is 0 Å². The molecule has 0 aromatic heterocycles. The summed E-state index contributed by atoms with van der Waals surface area (Å²) in [6, 6.07) is 0. The van der Waals surface area contributed by atoms with E-state index in [0.717, 1.165) is 18.8 Å². The SMILES string of the molecule is C=C1OCCC1(C)C. The highest BCUT2D eigenvalue weighted by molar-refractivity contribution is 5.02. The highest BCUT2D eigenvalue weighted by Crippen LogP contribution is 2.35. The van der Waals surface area contributed by atoms with E-state index in [-0.39, 0.29) is 5.41 Å². The monoisotopic (exact) mass is 112 g/mol. The van der Waals surface area contributed by atoms with Gasteiger partial charge < -0.3 is 4.74 Å². The van der Waals surface area contributed by atoms with Crippen LogP contribution in [-0.4, -0.2) is 6.61 Å². The Balaban J connectivity index is 2.68. The van der Waals surface area contributed by atoms with Gasteiger partial charge in [0.05, 0.1) is 12.4 Å². The van der Waals surface area contributed by atoms with Gasteiger partial charge in [0.15, 0.2) is 0 Å². The zero-order valence-electron chi connectivity index (χ0n) is 5.53. The van der Waals surface area contributed by atoms with Crippen LogP contribution in [0.4, 0.5) is 0 Å². The molecule has 8 heavy (non-hydrogen) atoms. The summed E-state index contributed by atoms with van der Waals surface area (Å²) in [7, 11) is 0. The van der Waals surface area contributed by atoms with E-state index in [1.165, 1.54) is 0 Å². The lowest BCUT2D eigenvalue weighted by Gasteiger charge is -2.13. The molecule has 1 aliphatic heterocycles. The Labute approximate surface area is 50.3 Å². The maximum absolute atomic E-state index is 5.17. The molecular weight excluding hydrogens is 100 g/mol. The van der Waals surface area contributed by atoms with E-state index in [0.29, 0.717) is 0 Å². The van der Waals surface area contributed by atoms with Crippen molar-refractivity contribution in [3.63, 3.8) is 0 Å². The summed E-state index contributed by atoms with van der Waals surface area (Å²) in [6.07, 6.45) is 1.12. The number of hydrogen-bond acceptors (Lipinski definition) is 1. The molecule has 0 atom stereocenters. The van der Waals surface area contributed by atoms with Crippen molar-refractivity contribution in [2.45, 2.75) is 20.3 Å². The third kappa shape index (κ3) is 0.726. The van der Waals surface area contributed by atoms with Gasteiger partial charge in [-0.15, -0.1) is 0 Å². The normalized spacial score (nSPS) is 25.5. The molecule has 0 aliphatic carbocycles. The predicted octanol–water partition coefficient (Wildman–Crippen LogP) is 1.95. The molecule has 0 radical (unpaired) electrons. The molecule has 0 unspecified atom stereocenters. The first-order valence-electron chi connectivity index (χ1n) is 2.95. The van der Waals surface area contributed by atoms with Gasteiger partial charge in [0.2, 0.25) is 0 Å². The third-order valence-electron chi connectivity index (χ3n) is 1.76. The molecule has 1 fully saturated rings. The van der Waals surface area contributed by atoms with Crippen molar-refractivity contribution in [3.05, 3.63) is 12.3 Å². The van der Waals surface area contributed by atoms with Crippen LogP contribution < -0.4 is 0 Å². The summed E-state index contributed by atoms with van der Waals surface area (Å²) in [5.41, 5.74) is 0.236. The van der Waals surface area contributed by atoms with Crippen LogP contribution in [0.3, 0.4) is 0 Å². The quantitative estimate of drug-likeness (QED) is 0.465. The average molecular weight is 112 g/mol. The summed E-state index contributed by atoms with van der Waals surface area (Å²) in [6.45, 7) is 8.95. The summed E-state index contributed by atoms with van der Waals surface area (Å²) >= 11 is 0. The van der Waals surface area contributed by atoms with E-state index in [2.05, 4.69) is 20.4 Å². The fraction of sp³-hybridized carbons (Fsp3) is 0.714. The summed E-state index contributed by atoms with van der Waals surface area (Å²) in [5.74, 6) is 0.942. The molecule has 0 bridgehead atoms. The Kier molecular flexibility index (Phi) is 1.07. The standard InChI is InChI=1S/C7H12O/c1-6-7(2,3)4-5-8-6/h1,4-5H2,2-3H3. The van der Waals surface area contributed by atoms with Gasteiger partial charge in [0.1, 0.15) is 0 Å². The maximum atomic E-state index is 5.17. The van der Waals surface area contributed by atoms with Gasteiger partial charge in [0, 0.05) is 5.41 Å². The minimum absolute atomic E-state index is 0.236. The highest BCUT2D eigenvalue weighted by atomic mass is 16.5. The lowest BCUT2D eigenvalue weighted by molar-refractivity contribution is 0.252. The molecule has 1 heterocycles. The Morgan fingerprint density at radius 2 is 2.25 bits per heavy atom. The molecule has 1 nitrogen and oxygen atoms in total. The second-order valence-electron chi connectivity index (χ2n) is 2.91. The molecule has 1 rings (SSSR count). The van der Waals surface area contributed by atoms with Crippen LogP contribution in [0.15, 0.2) is 12.3 Å². The highest BCUT2D eigenvalue weighted by Gasteiger charge is 2.28. The average Bonchev–Trinajstić information content (AvgIpc) is 1.86. The van der Waals surface area contributed by atoms with Crippen molar-refractivity contribution in [1.29, 1.82) is 0 Å². The van der Waals surface area contributed by atoms with Crippen LogP contribution in [0.25, 0.3) is 0 Å². The zero-order chi connectivity index (χ0) is 6.20. The van der Waals surface area contributed by atoms with Gasteiger partial charge in [-0.25, -0.2) is 0 Å². The molecule has 1 saturated heterocycles. The van der Waals surface area contributed by atoms with Crippen molar-refractivity contribution in [1.82, 2.24) is 0 Å². The van der Waals surface area contributed by atoms with Crippen molar-refractivity contribution < 1.29 is 4.74 Å². The largest absolute Gasteiger partial charge is 0.498 e. The van der Waals surface area contributed by atoms with E-state index < -0.39 is 0 Å². The predicted molar refractivity (Wildman–Crippen MR) is 33.5 cm³/mol. The van der Waals surface area contributed by atoms with Crippen molar-refractivity contribution in [2.75, 3.05) is 6.61 Å². The van der Waals surface area contributed by atoms with E-state index in [4.69, 9.17) is 4.74 Å². The molecule has 46 valence electrons. The lowest BCUT2D eigenvalue weighted by Crippen LogP contribution is -2.06. The molecule has 0 aromatic carbocycles. The fourth-order valence-electron chi connectivity index (χ4n) is 0.764. The maximum Gasteiger partial charge on any atom is 0.0945 e. The lowest BCUT2D eigenvalue weighted by atomic mass is 9.90. The first-order chi connectivity index (χ1) is 3.63. The van der Waals surface area contributed by atoms with Crippen LogP contribution in [0, 0.1) is 5.41 Å². The third-order valence-corrected chi connectivity index (χ3v) is 1.76. The van der Waals surface area contributed by atoms with Gasteiger partial charge in [-0.2, -0.15) is 0 Å². The minimum Gasteiger partial charge on any atom is -0.498 e. The van der Waals surface area contributed by atoms with Gasteiger partial charge in [-0.05, 0) is 6.42 Å². The Hall–Kier alpha value is -0.460. The second kappa shape index (κ2) is 1.51. The summed E-state index contributed by atoms with van der Waals surface area (Å²) < 4.78 is 5.17. The first-order valence-corrected chi connectivity index (χ1v) is 2.95. The summed E-state index contributed by atoms with van der Waals surface area (Å²) in [4.78, 5) is 0. The molecule has 1 aliphatic rings. The van der Waals surface area contributed by atoms with Crippen molar-refractivity contribution in [2.24, 2.45) is 5.41 Å². The van der Waals surface area contributed by atoms with Gasteiger partial charge in [-0.1, -0.05) is 20.4 Å². The van der Waals surface area contributed by atoms with Crippen LogP contribution in [0.2, 0.25) is 0 Å². The molecule has 0 aromatic rings. The van der Waals surface area contributed by atoms with Crippen LogP contribution in [-0.2, 0) is 4.74 Å². The minimum atomic E-state index is 0.236. The zero-order valence-corrected chi connectivity index (χ0v) is 5.53. The Bertz CT molecular complexity index is 114. The Morgan fingerprint density at radius 3 is 2.38 bits per heavy atom. The van der Waals surface area contributed by atoms with Crippen LogP contribution in [0.5, 0.6) is 0 Å². The first kappa shape index (κ1) is 5.67. The van der Waals surface area contributed by atoms with Gasteiger partial charge in [-0.3, -0.25) is 0 Å². The van der Waals surface area contributed by atoms with E-state index >= 15 is 0 Å². The number of allylic oxidation sites excluding steroid dienone is 1. The second-order valence-corrected chi connectivity index (χ2v) is 2.91. The fourth-order valence-corrected chi connectivity index (χ4v) is 0.764. The van der Waals surface area contributed by atoms with E-state index in [1.54, 1.807) is 0 Å². The van der Waals surface area contributed by atoms with Gasteiger partial charge in [0.25, 0.3) is 0 Å². The molecule has 0 amide bonds. The van der Waals surface area contributed by atoms with E-state index in [1.807, 2.05) is 0 Å². The van der Waals surface area contributed by atoms with Crippen LogP contribution >= 0.6 is 0 Å². The number of ether oxygens (including phenoxy) is 1. The smallest absolute Gasteiger partial charge is 0.0945 e. The number of rotatable bonds is 0. The Morgan fingerprint density at radius 1 is 1.62 bits per heavy atom. The molecular formula is C7H12O. The number of hydrogen-bond donors (Lipinski definition) is 0. The van der Waals surface area contributed by atoms with Crippen molar-refractivity contribution >= 4 is 0 Å². The summed E-state index contributed by atoms with van der Waals surface area (Å²) in [5, 5.41) is 0. The molecule has 0 spiro atoms. The molecule has 1 heteroatoms. The van der Waals surface area contributed by atoms with Crippen molar-refractivity contribution in [3.8, 4) is 0 Å². The molecule has 0 N–H and O–H groups in total. The van der Waals surface area contributed by atoms with Crippen LogP contribution in [0.1, 0.15) is 20.3 Å². The molecule has 0 saturated carbocycles. The topological polar surface area (TPSA) is 9.23 Å². The van der Waals surface area contributed by atoms with Gasteiger partial charge >= 0.3 is 0 Å².